The highest BCUT2D eigenvalue weighted by Gasteiger charge is 2.11. The molecule has 0 fully saturated rings. The second kappa shape index (κ2) is 12.6. The summed E-state index contributed by atoms with van der Waals surface area (Å²) in [7, 11) is 2.55. The van der Waals surface area contributed by atoms with Crippen LogP contribution in [-0.4, -0.2) is 51.2 Å². The maximum atomic E-state index is 12.5. The average molecular weight is 492 g/mol. The van der Waals surface area contributed by atoms with Gasteiger partial charge in [0.15, 0.2) is 13.2 Å². The number of hydrogen-bond acceptors (Lipinski definition) is 8. The molecule has 0 aliphatic rings. The summed E-state index contributed by atoms with van der Waals surface area (Å²) in [5, 5.41) is 5.50. The van der Waals surface area contributed by atoms with Crippen molar-refractivity contribution < 1.29 is 38.1 Å². The summed E-state index contributed by atoms with van der Waals surface area (Å²) in [5.41, 5.74) is 1.80. The summed E-state index contributed by atoms with van der Waals surface area (Å²) >= 11 is 0. The molecular weight excluding hydrogens is 468 g/mol. The van der Waals surface area contributed by atoms with Crippen molar-refractivity contribution in [3.05, 3.63) is 83.9 Å². The number of ether oxygens (including phenoxy) is 4. The Morgan fingerprint density at radius 3 is 1.19 bits per heavy atom. The van der Waals surface area contributed by atoms with Crippen LogP contribution < -0.4 is 20.1 Å². The van der Waals surface area contributed by atoms with E-state index in [-0.39, 0.29) is 25.0 Å². The molecule has 0 bridgehead atoms. The van der Waals surface area contributed by atoms with Gasteiger partial charge < -0.3 is 29.6 Å². The van der Waals surface area contributed by atoms with Crippen LogP contribution in [0.4, 0.5) is 11.4 Å². The molecule has 186 valence electrons. The molecule has 2 N–H and O–H groups in total. The maximum Gasteiger partial charge on any atom is 0.343 e. The first-order valence-corrected chi connectivity index (χ1v) is 10.7. The molecule has 0 saturated carbocycles. The third-order valence-corrected chi connectivity index (χ3v) is 4.80. The second-order valence-corrected chi connectivity index (χ2v) is 7.26. The molecule has 3 rings (SSSR count). The van der Waals surface area contributed by atoms with Gasteiger partial charge in [-0.3, -0.25) is 9.59 Å². The molecule has 0 aliphatic heterocycles. The minimum Gasteiger partial charge on any atom is -0.482 e. The van der Waals surface area contributed by atoms with Crippen molar-refractivity contribution in [3.8, 4) is 11.5 Å². The van der Waals surface area contributed by atoms with E-state index in [1.165, 1.54) is 14.2 Å². The Morgan fingerprint density at radius 1 is 0.556 bits per heavy atom. The van der Waals surface area contributed by atoms with E-state index in [1.54, 1.807) is 72.8 Å². The van der Waals surface area contributed by atoms with Gasteiger partial charge in [-0.05, 0) is 72.8 Å². The van der Waals surface area contributed by atoms with Gasteiger partial charge in [-0.2, -0.15) is 0 Å². The topological polar surface area (TPSA) is 129 Å². The second-order valence-electron chi connectivity index (χ2n) is 7.26. The number of esters is 2. The van der Waals surface area contributed by atoms with Crippen molar-refractivity contribution in [3.63, 3.8) is 0 Å². The number of carbonyl (C=O) groups excluding carboxylic acids is 4. The average Bonchev–Trinajstić information content (AvgIpc) is 2.91. The number of anilines is 2. The highest BCUT2D eigenvalue weighted by atomic mass is 16.6. The quantitative estimate of drug-likeness (QED) is 0.413. The highest BCUT2D eigenvalue weighted by Crippen LogP contribution is 2.18. The molecule has 0 spiro atoms. The summed E-state index contributed by atoms with van der Waals surface area (Å²) < 4.78 is 19.5. The zero-order chi connectivity index (χ0) is 25.9. The molecule has 0 heterocycles. The molecule has 2 amide bonds. The molecule has 3 aromatic rings. The number of amides is 2. The van der Waals surface area contributed by atoms with Gasteiger partial charge in [-0.15, -0.1) is 0 Å². The van der Waals surface area contributed by atoms with Gasteiger partial charge in [0.05, 0.1) is 14.2 Å². The maximum absolute atomic E-state index is 12.5. The molecular formula is C26H24N2O8. The molecule has 10 nitrogen and oxygen atoms in total. The molecule has 0 aliphatic carbocycles. The number of hydrogen-bond donors (Lipinski definition) is 2. The lowest BCUT2D eigenvalue weighted by Gasteiger charge is -2.09. The van der Waals surface area contributed by atoms with Crippen LogP contribution >= 0.6 is 0 Å². The van der Waals surface area contributed by atoms with E-state index >= 15 is 0 Å². The first-order chi connectivity index (χ1) is 17.4. The zero-order valence-corrected chi connectivity index (χ0v) is 19.6. The molecule has 36 heavy (non-hydrogen) atoms. The Balaban J connectivity index is 1.52. The van der Waals surface area contributed by atoms with Crippen molar-refractivity contribution in [2.24, 2.45) is 0 Å². The number of rotatable bonds is 10. The number of nitrogens with one attached hydrogen (secondary N) is 2. The first kappa shape index (κ1) is 25.8. The normalized spacial score (nSPS) is 10.1. The molecule has 0 radical (unpaired) electrons. The number of benzene rings is 3. The third kappa shape index (κ3) is 7.59. The smallest absolute Gasteiger partial charge is 0.343 e. The number of methoxy groups -OCH3 is 2. The molecule has 3 aromatic carbocycles. The van der Waals surface area contributed by atoms with E-state index in [0.717, 1.165) is 0 Å². The SMILES string of the molecule is COC(=O)COc1ccc(NC(=O)c2ccc(C(=O)Nc3ccc(OCC(=O)OC)cc3)cc2)cc1. The summed E-state index contributed by atoms with van der Waals surface area (Å²) in [5.74, 6) is -0.788. The van der Waals surface area contributed by atoms with Crippen LogP contribution in [-0.2, 0) is 19.1 Å². The van der Waals surface area contributed by atoms with Gasteiger partial charge in [-0.25, -0.2) is 9.59 Å². The molecule has 10 heteroatoms. The fourth-order valence-corrected chi connectivity index (χ4v) is 2.85. The molecule has 0 atom stereocenters. The van der Waals surface area contributed by atoms with Gasteiger partial charge in [-0.1, -0.05) is 0 Å². The van der Waals surface area contributed by atoms with E-state index in [2.05, 4.69) is 20.1 Å². The van der Waals surface area contributed by atoms with Gasteiger partial charge in [0.2, 0.25) is 0 Å². The van der Waals surface area contributed by atoms with Crippen LogP contribution in [0.3, 0.4) is 0 Å². The van der Waals surface area contributed by atoms with Crippen molar-refractivity contribution in [2.45, 2.75) is 0 Å². The van der Waals surface area contributed by atoms with Crippen LogP contribution in [0.15, 0.2) is 72.8 Å². The standard InChI is InChI=1S/C26H24N2O8/c1-33-23(29)15-35-21-11-7-19(8-12-21)27-25(31)17-3-5-18(6-4-17)26(32)28-20-9-13-22(14-10-20)36-16-24(30)34-2/h3-14H,15-16H2,1-2H3,(H,27,31)(H,28,32). The zero-order valence-electron chi connectivity index (χ0n) is 19.6. The fourth-order valence-electron chi connectivity index (χ4n) is 2.85. The van der Waals surface area contributed by atoms with Gasteiger partial charge in [0, 0.05) is 22.5 Å². The summed E-state index contributed by atoms with van der Waals surface area (Å²) in [6.45, 7) is -0.419. The van der Waals surface area contributed by atoms with E-state index in [0.29, 0.717) is 34.0 Å². The van der Waals surface area contributed by atoms with Crippen molar-refractivity contribution in [1.29, 1.82) is 0 Å². The van der Waals surface area contributed by atoms with Crippen LogP contribution in [0, 0.1) is 0 Å². The van der Waals surface area contributed by atoms with Gasteiger partial charge in [0.25, 0.3) is 11.8 Å². The Morgan fingerprint density at radius 2 is 0.889 bits per heavy atom. The predicted octanol–water partition coefficient (Wildman–Crippen LogP) is 3.29. The van der Waals surface area contributed by atoms with Crippen molar-refractivity contribution >= 4 is 35.1 Å². The van der Waals surface area contributed by atoms with Crippen LogP contribution in [0.1, 0.15) is 20.7 Å². The van der Waals surface area contributed by atoms with Crippen LogP contribution in [0.2, 0.25) is 0 Å². The van der Waals surface area contributed by atoms with E-state index in [1.807, 2.05) is 0 Å². The minimum absolute atomic E-state index is 0.209. The summed E-state index contributed by atoms with van der Waals surface area (Å²) in [4.78, 5) is 47.3. The highest BCUT2D eigenvalue weighted by molar-refractivity contribution is 6.07. The van der Waals surface area contributed by atoms with E-state index in [9.17, 15) is 19.2 Å². The van der Waals surface area contributed by atoms with E-state index < -0.39 is 11.9 Å². The van der Waals surface area contributed by atoms with Crippen LogP contribution in [0.25, 0.3) is 0 Å². The summed E-state index contributed by atoms with van der Waals surface area (Å²) in [6.07, 6.45) is 0. The Kier molecular flexibility index (Phi) is 8.99. The predicted molar refractivity (Wildman–Crippen MR) is 130 cm³/mol. The van der Waals surface area contributed by atoms with Crippen molar-refractivity contribution in [1.82, 2.24) is 0 Å². The lowest BCUT2D eigenvalue weighted by atomic mass is 10.1. The third-order valence-electron chi connectivity index (χ3n) is 4.80. The molecule has 0 unspecified atom stereocenters. The molecule has 0 saturated heterocycles. The van der Waals surface area contributed by atoms with E-state index in [4.69, 9.17) is 9.47 Å². The first-order valence-electron chi connectivity index (χ1n) is 10.7. The fraction of sp³-hybridized carbons (Fsp3) is 0.154. The van der Waals surface area contributed by atoms with Crippen LogP contribution in [0.5, 0.6) is 11.5 Å². The Hall–Kier alpha value is -4.86. The largest absolute Gasteiger partial charge is 0.482 e. The summed E-state index contributed by atoms with van der Waals surface area (Å²) in [6, 6.07) is 19.2. The lowest BCUT2D eigenvalue weighted by Crippen LogP contribution is -2.15. The Labute approximate surface area is 207 Å². The van der Waals surface area contributed by atoms with Gasteiger partial charge >= 0.3 is 11.9 Å². The Bertz CT molecular complexity index is 1110. The number of carbonyl (C=O) groups is 4. The minimum atomic E-state index is -0.496. The lowest BCUT2D eigenvalue weighted by molar-refractivity contribution is -0.143. The molecule has 0 aromatic heterocycles. The monoisotopic (exact) mass is 492 g/mol. The van der Waals surface area contributed by atoms with Gasteiger partial charge in [0.1, 0.15) is 11.5 Å². The van der Waals surface area contributed by atoms with Crippen molar-refractivity contribution in [2.75, 3.05) is 38.1 Å².